The first-order valence-corrected chi connectivity index (χ1v) is 7.53. The normalized spacial score (nSPS) is 10.8. The van der Waals surface area contributed by atoms with Crippen LogP contribution in [0.4, 0.5) is 5.82 Å². The van der Waals surface area contributed by atoms with Crippen molar-refractivity contribution >= 4 is 17.4 Å². The predicted octanol–water partition coefficient (Wildman–Crippen LogP) is 2.18. The standard InChI is InChI=1S/C17H14N6O2/c1-25-13-4-2-12(3-5-13)17(24)20-16-10-19-14-6-7-15(21-23(14)16)22-9-8-18-11-22/h2-11H,1H3,(H,20,24). The first-order valence-electron chi connectivity index (χ1n) is 7.53. The SMILES string of the molecule is COc1ccc(C(=O)Nc2cnc3ccc(-n4ccnc4)nn23)cc1. The molecule has 0 fully saturated rings. The van der Waals surface area contributed by atoms with Gasteiger partial charge in [0, 0.05) is 18.0 Å². The van der Waals surface area contributed by atoms with E-state index in [1.165, 1.54) is 0 Å². The van der Waals surface area contributed by atoms with E-state index in [1.807, 2.05) is 12.1 Å². The number of carbonyl (C=O) groups excluding carboxylic acids is 1. The van der Waals surface area contributed by atoms with E-state index < -0.39 is 0 Å². The Hall–Kier alpha value is -3.68. The minimum atomic E-state index is -0.251. The third-order valence-electron chi connectivity index (χ3n) is 3.71. The van der Waals surface area contributed by atoms with Crippen LogP contribution in [-0.2, 0) is 0 Å². The second kappa shape index (κ2) is 6.08. The predicted molar refractivity (Wildman–Crippen MR) is 91.1 cm³/mol. The summed E-state index contributed by atoms with van der Waals surface area (Å²) in [4.78, 5) is 20.7. The molecule has 4 rings (SSSR count). The van der Waals surface area contributed by atoms with Gasteiger partial charge in [-0.2, -0.15) is 4.52 Å². The van der Waals surface area contributed by atoms with Crippen molar-refractivity contribution in [3.63, 3.8) is 0 Å². The largest absolute Gasteiger partial charge is 0.497 e. The van der Waals surface area contributed by atoms with Gasteiger partial charge < -0.3 is 10.1 Å². The minimum Gasteiger partial charge on any atom is -0.497 e. The van der Waals surface area contributed by atoms with Crippen LogP contribution >= 0.6 is 0 Å². The number of hydrogen-bond acceptors (Lipinski definition) is 5. The fourth-order valence-electron chi connectivity index (χ4n) is 2.41. The first-order chi connectivity index (χ1) is 12.2. The summed E-state index contributed by atoms with van der Waals surface area (Å²) in [5.74, 6) is 1.60. The summed E-state index contributed by atoms with van der Waals surface area (Å²) in [5.41, 5.74) is 1.15. The highest BCUT2D eigenvalue weighted by Gasteiger charge is 2.11. The topological polar surface area (TPSA) is 86.3 Å². The summed E-state index contributed by atoms with van der Waals surface area (Å²) in [6.45, 7) is 0. The molecule has 0 saturated carbocycles. The van der Waals surface area contributed by atoms with Gasteiger partial charge in [0.15, 0.2) is 17.3 Å². The van der Waals surface area contributed by atoms with Crippen LogP contribution in [0.1, 0.15) is 10.4 Å². The van der Waals surface area contributed by atoms with Gasteiger partial charge in [0.2, 0.25) is 0 Å². The molecule has 0 atom stereocenters. The molecule has 1 aromatic carbocycles. The zero-order chi connectivity index (χ0) is 17.2. The number of nitrogens with zero attached hydrogens (tertiary/aromatic N) is 5. The van der Waals surface area contributed by atoms with Gasteiger partial charge in [-0.25, -0.2) is 9.97 Å². The smallest absolute Gasteiger partial charge is 0.256 e. The molecule has 0 bridgehead atoms. The van der Waals surface area contributed by atoms with Gasteiger partial charge in [0.1, 0.15) is 12.1 Å². The first kappa shape index (κ1) is 14.9. The summed E-state index contributed by atoms with van der Waals surface area (Å²) < 4.78 is 8.45. The maximum atomic E-state index is 12.4. The Bertz CT molecular complexity index is 1020. The molecule has 0 radical (unpaired) electrons. The van der Waals surface area contributed by atoms with Crippen LogP contribution in [0.25, 0.3) is 11.5 Å². The van der Waals surface area contributed by atoms with Crippen LogP contribution < -0.4 is 10.1 Å². The van der Waals surface area contributed by atoms with E-state index in [-0.39, 0.29) is 5.91 Å². The molecule has 1 N–H and O–H groups in total. The average Bonchev–Trinajstić information content (AvgIpc) is 3.32. The van der Waals surface area contributed by atoms with E-state index in [0.717, 1.165) is 0 Å². The summed E-state index contributed by atoms with van der Waals surface area (Å²) in [5, 5.41) is 7.32. The number of imidazole rings is 2. The second-order valence-corrected chi connectivity index (χ2v) is 5.26. The van der Waals surface area contributed by atoms with Crippen molar-refractivity contribution in [3.05, 3.63) is 66.9 Å². The number of anilines is 1. The van der Waals surface area contributed by atoms with E-state index >= 15 is 0 Å². The van der Waals surface area contributed by atoms with E-state index in [2.05, 4.69) is 20.4 Å². The fraction of sp³-hybridized carbons (Fsp3) is 0.0588. The molecule has 3 heterocycles. The van der Waals surface area contributed by atoms with E-state index in [4.69, 9.17) is 4.74 Å². The number of rotatable bonds is 4. The molecule has 0 aliphatic heterocycles. The molecule has 8 heteroatoms. The third-order valence-corrected chi connectivity index (χ3v) is 3.71. The number of ether oxygens (including phenoxy) is 1. The average molecular weight is 334 g/mol. The van der Waals surface area contributed by atoms with Crippen LogP contribution in [0.3, 0.4) is 0 Å². The fourth-order valence-corrected chi connectivity index (χ4v) is 2.41. The van der Waals surface area contributed by atoms with E-state index in [0.29, 0.717) is 28.6 Å². The number of nitrogens with one attached hydrogen (secondary N) is 1. The Morgan fingerprint density at radius 2 is 2.00 bits per heavy atom. The minimum absolute atomic E-state index is 0.251. The Balaban J connectivity index is 1.64. The van der Waals surface area contributed by atoms with Crippen LogP contribution in [0.2, 0.25) is 0 Å². The van der Waals surface area contributed by atoms with Crippen LogP contribution in [0, 0.1) is 0 Å². The van der Waals surface area contributed by atoms with Crippen molar-refractivity contribution in [1.82, 2.24) is 24.1 Å². The lowest BCUT2D eigenvalue weighted by Crippen LogP contribution is -2.14. The lowest BCUT2D eigenvalue weighted by atomic mass is 10.2. The summed E-state index contributed by atoms with van der Waals surface area (Å²) in [7, 11) is 1.58. The molecule has 1 amide bonds. The Morgan fingerprint density at radius 1 is 1.16 bits per heavy atom. The van der Waals surface area contributed by atoms with Gasteiger partial charge in [0.25, 0.3) is 5.91 Å². The lowest BCUT2D eigenvalue weighted by molar-refractivity contribution is 0.102. The van der Waals surface area contributed by atoms with E-state index in [9.17, 15) is 4.79 Å². The molecule has 0 unspecified atom stereocenters. The Kier molecular flexibility index (Phi) is 3.62. The van der Waals surface area contributed by atoms with Gasteiger partial charge in [-0.1, -0.05) is 0 Å². The number of carbonyl (C=O) groups is 1. The van der Waals surface area contributed by atoms with Crippen molar-refractivity contribution in [2.24, 2.45) is 0 Å². The van der Waals surface area contributed by atoms with Gasteiger partial charge in [-0.05, 0) is 36.4 Å². The number of aromatic nitrogens is 5. The van der Waals surface area contributed by atoms with Gasteiger partial charge in [-0.15, -0.1) is 5.10 Å². The van der Waals surface area contributed by atoms with Gasteiger partial charge in [0.05, 0.1) is 13.3 Å². The van der Waals surface area contributed by atoms with Crippen LogP contribution in [0.15, 0.2) is 61.3 Å². The lowest BCUT2D eigenvalue weighted by Gasteiger charge is -2.07. The molecule has 0 spiro atoms. The number of amides is 1. The van der Waals surface area contributed by atoms with Crippen molar-refractivity contribution in [2.45, 2.75) is 0 Å². The molecule has 124 valence electrons. The third kappa shape index (κ3) is 2.80. The van der Waals surface area contributed by atoms with E-state index in [1.54, 1.807) is 65.4 Å². The maximum Gasteiger partial charge on any atom is 0.256 e. The zero-order valence-corrected chi connectivity index (χ0v) is 13.3. The second-order valence-electron chi connectivity index (χ2n) is 5.26. The molecule has 4 aromatic rings. The van der Waals surface area contributed by atoms with Gasteiger partial charge in [-0.3, -0.25) is 9.36 Å². The quantitative estimate of drug-likeness (QED) is 0.618. The molecular formula is C17H14N6O2. The van der Waals surface area contributed by atoms with Crippen LogP contribution in [0.5, 0.6) is 5.75 Å². The highest BCUT2D eigenvalue weighted by molar-refractivity contribution is 6.04. The molecule has 25 heavy (non-hydrogen) atoms. The van der Waals surface area contributed by atoms with Crippen molar-refractivity contribution in [1.29, 1.82) is 0 Å². The van der Waals surface area contributed by atoms with Crippen molar-refractivity contribution in [2.75, 3.05) is 12.4 Å². The summed E-state index contributed by atoms with van der Waals surface area (Å²) in [6.07, 6.45) is 6.69. The number of methoxy groups -OCH3 is 1. The van der Waals surface area contributed by atoms with Crippen LogP contribution in [-0.4, -0.2) is 37.2 Å². The monoisotopic (exact) mass is 334 g/mol. The molecule has 8 nitrogen and oxygen atoms in total. The highest BCUT2D eigenvalue weighted by atomic mass is 16.5. The van der Waals surface area contributed by atoms with Crippen molar-refractivity contribution < 1.29 is 9.53 Å². The maximum absolute atomic E-state index is 12.4. The molecule has 3 aromatic heterocycles. The molecule has 0 aliphatic carbocycles. The number of benzene rings is 1. The summed E-state index contributed by atoms with van der Waals surface area (Å²) in [6, 6.07) is 10.5. The summed E-state index contributed by atoms with van der Waals surface area (Å²) >= 11 is 0. The van der Waals surface area contributed by atoms with Crippen molar-refractivity contribution in [3.8, 4) is 11.6 Å². The molecular weight excluding hydrogens is 320 g/mol. The molecule has 0 saturated heterocycles. The molecule has 0 aliphatic rings. The highest BCUT2D eigenvalue weighted by Crippen LogP contribution is 2.16. The van der Waals surface area contributed by atoms with Gasteiger partial charge >= 0.3 is 0 Å². The zero-order valence-electron chi connectivity index (χ0n) is 13.3. The Morgan fingerprint density at radius 3 is 2.72 bits per heavy atom. The Labute approximate surface area is 142 Å². The number of hydrogen-bond donors (Lipinski definition) is 1. The number of fused-ring (bicyclic) bond motifs is 1.